The van der Waals surface area contributed by atoms with Crippen LogP contribution in [0.5, 0.6) is 0 Å². The number of hydrogen-bond acceptors (Lipinski definition) is 3. The highest BCUT2D eigenvalue weighted by Gasteiger charge is 2.02. The van der Waals surface area contributed by atoms with Gasteiger partial charge in [-0.1, -0.05) is 0 Å². The fourth-order valence-corrected chi connectivity index (χ4v) is 1.24. The van der Waals surface area contributed by atoms with Crippen LogP contribution < -0.4 is 11.1 Å². The van der Waals surface area contributed by atoms with E-state index in [0.717, 1.165) is 18.4 Å². The van der Waals surface area contributed by atoms with Crippen molar-refractivity contribution in [3.05, 3.63) is 23.9 Å². The molecule has 0 fully saturated rings. The lowest BCUT2D eigenvalue weighted by Crippen LogP contribution is -2.13. The highest BCUT2D eigenvalue weighted by Crippen LogP contribution is 2.06. The average Bonchev–Trinajstić information content (AvgIpc) is 2.18. The molecule has 82 valence electrons. The fraction of sp³-hybridized carbons (Fsp3) is 0.455. The number of hydrogen-bond donors (Lipinski definition) is 2. The Morgan fingerprint density at radius 3 is 3.00 bits per heavy atom. The third-order valence-electron chi connectivity index (χ3n) is 2.04. The number of nitrogens with zero attached hydrogens (tertiary/aromatic N) is 1. The quantitative estimate of drug-likeness (QED) is 0.718. The number of unbranched alkanes of at least 4 members (excludes halogenated alkanes) is 1. The lowest BCUT2D eigenvalue weighted by Gasteiger charge is -2.04. The SMILES string of the molecule is Cc1ccnc(NC(=O)CCCCN)c1. The smallest absolute Gasteiger partial charge is 0.225 e. The van der Waals surface area contributed by atoms with Crippen LogP contribution in [-0.4, -0.2) is 17.4 Å². The van der Waals surface area contributed by atoms with Crippen LogP contribution in [0.1, 0.15) is 24.8 Å². The second-order valence-corrected chi connectivity index (χ2v) is 3.51. The number of pyridine rings is 1. The molecule has 0 aromatic carbocycles. The normalized spacial score (nSPS) is 10.0. The van der Waals surface area contributed by atoms with Crippen molar-refractivity contribution in [1.82, 2.24) is 4.98 Å². The molecule has 1 heterocycles. The average molecular weight is 207 g/mol. The van der Waals surface area contributed by atoms with E-state index < -0.39 is 0 Å². The molecule has 0 atom stereocenters. The molecule has 0 bridgehead atoms. The molecule has 0 aliphatic rings. The number of rotatable bonds is 5. The molecule has 1 aromatic heterocycles. The summed E-state index contributed by atoms with van der Waals surface area (Å²) in [5.74, 6) is 0.620. The number of nitrogens with two attached hydrogens (primary N) is 1. The number of carbonyl (C=O) groups excluding carboxylic acids is 1. The van der Waals surface area contributed by atoms with E-state index in [4.69, 9.17) is 5.73 Å². The molecule has 1 aromatic rings. The Morgan fingerprint density at radius 1 is 1.53 bits per heavy atom. The minimum Gasteiger partial charge on any atom is -0.330 e. The standard InChI is InChI=1S/C11H17N3O/c1-9-5-7-13-10(8-9)14-11(15)4-2-3-6-12/h5,7-8H,2-4,6,12H2,1H3,(H,13,14,15). The van der Waals surface area contributed by atoms with Crippen LogP contribution in [-0.2, 0) is 4.79 Å². The van der Waals surface area contributed by atoms with Crippen LogP contribution in [0.2, 0.25) is 0 Å². The largest absolute Gasteiger partial charge is 0.330 e. The predicted molar refractivity (Wildman–Crippen MR) is 60.5 cm³/mol. The summed E-state index contributed by atoms with van der Waals surface area (Å²) in [6.45, 7) is 2.60. The second-order valence-electron chi connectivity index (χ2n) is 3.51. The molecule has 0 saturated carbocycles. The monoisotopic (exact) mass is 207 g/mol. The van der Waals surface area contributed by atoms with Crippen LogP contribution in [0.4, 0.5) is 5.82 Å². The van der Waals surface area contributed by atoms with E-state index in [1.165, 1.54) is 0 Å². The first-order chi connectivity index (χ1) is 7.22. The Balaban J connectivity index is 2.37. The van der Waals surface area contributed by atoms with Gasteiger partial charge in [-0.25, -0.2) is 4.98 Å². The maximum absolute atomic E-state index is 11.4. The zero-order valence-electron chi connectivity index (χ0n) is 8.99. The van der Waals surface area contributed by atoms with Crippen molar-refractivity contribution < 1.29 is 4.79 Å². The number of nitrogens with one attached hydrogen (secondary N) is 1. The Kier molecular flexibility index (Phi) is 4.77. The fourth-order valence-electron chi connectivity index (χ4n) is 1.24. The van der Waals surface area contributed by atoms with Gasteiger partial charge in [-0.3, -0.25) is 4.79 Å². The molecule has 1 amide bonds. The minimum atomic E-state index is 0.00144. The summed E-state index contributed by atoms with van der Waals surface area (Å²) in [6.07, 6.45) is 3.90. The van der Waals surface area contributed by atoms with E-state index in [-0.39, 0.29) is 5.91 Å². The summed E-state index contributed by atoms with van der Waals surface area (Å²) in [5.41, 5.74) is 6.43. The number of aromatic nitrogens is 1. The molecule has 0 radical (unpaired) electrons. The van der Waals surface area contributed by atoms with Crippen molar-refractivity contribution in [2.24, 2.45) is 5.73 Å². The second kappa shape index (κ2) is 6.14. The highest BCUT2D eigenvalue weighted by molar-refractivity contribution is 5.89. The molecule has 4 nitrogen and oxygen atoms in total. The summed E-state index contributed by atoms with van der Waals surface area (Å²) in [5, 5.41) is 2.75. The zero-order valence-corrected chi connectivity index (χ0v) is 8.99. The minimum absolute atomic E-state index is 0.00144. The molecule has 0 unspecified atom stereocenters. The molecule has 0 aliphatic carbocycles. The van der Waals surface area contributed by atoms with Gasteiger partial charge in [0.1, 0.15) is 5.82 Å². The molecule has 3 N–H and O–H groups in total. The zero-order chi connectivity index (χ0) is 11.1. The van der Waals surface area contributed by atoms with Crippen molar-refractivity contribution in [2.75, 3.05) is 11.9 Å². The van der Waals surface area contributed by atoms with Gasteiger partial charge in [0.2, 0.25) is 5.91 Å². The summed E-state index contributed by atoms with van der Waals surface area (Å²) in [6, 6.07) is 3.74. The van der Waals surface area contributed by atoms with Crippen LogP contribution in [0.3, 0.4) is 0 Å². The first-order valence-electron chi connectivity index (χ1n) is 5.15. The van der Waals surface area contributed by atoms with Gasteiger partial charge in [-0.05, 0) is 44.0 Å². The highest BCUT2D eigenvalue weighted by atomic mass is 16.1. The van der Waals surface area contributed by atoms with Gasteiger partial charge in [0.05, 0.1) is 0 Å². The summed E-state index contributed by atoms with van der Waals surface area (Å²) in [7, 11) is 0. The molecular weight excluding hydrogens is 190 g/mol. The Bertz CT molecular complexity index is 325. The third-order valence-corrected chi connectivity index (χ3v) is 2.04. The Labute approximate surface area is 89.9 Å². The van der Waals surface area contributed by atoms with Crippen LogP contribution in [0, 0.1) is 6.92 Å². The molecule has 0 saturated heterocycles. The van der Waals surface area contributed by atoms with Gasteiger partial charge < -0.3 is 11.1 Å². The molecule has 4 heteroatoms. The van der Waals surface area contributed by atoms with E-state index in [9.17, 15) is 4.79 Å². The molecule has 15 heavy (non-hydrogen) atoms. The van der Waals surface area contributed by atoms with Crippen molar-refractivity contribution in [1.29, 1.82) is 0 Å². The summed E-state index contributed by atoms with van der Waals surface area (Å²) >= 11 is 0. The van der Waals surface area contributed by atoms with Gasteiger partial charge in [-0.15, -0.1) is 0 Å². The van der Waals surface area contributed by atoms with Crippen LogP contribution >= 0.6 is 0 Å². The maximum Gasteiger partial charge on any atom is 0.225 e. The number of amides is 1. The molecular formula is C11H17N3O. The summed E-state index contributed by atoms with van der Waals surface area (Å²) in [4.78, 5) is 15.5. The molecule has 0 aliphatic heterocycles. The lowest BCUT2D eigenvalue weighted by atomic mass is 10.2. The Hall–Kier alpha value is -1.42. The third kappa shape index (κ3) is 4.56. The van der Waals surface area contributed by atoms with Gasteiger partial charge in [-0.2, -0.15) is 0 Å². The van der Waals surface area contributed by atoms with E-state index in [0.29, 0.717) is 18.8 Å². The van der Waals surface area contributed by atoms with Gasteiger partial charge in [0.15, 0.2) is 0 Å². The summed E-state index contributed by atoms with van der Waals surface area (Å²) < 4.78 is 0. The van der Waals surface area contributed by atoms with Gasteiger partial charge in [0.25, 0.3) is 0 Å². The predicted octanol–water partition coefficient (Wildman–Crippen LogP) is 1.46. The van der Waals surface area contributed by atoms with Crippen molar-refractivity contribution >= 4 is 11.7 Å². The first kappa shape index (κ1) is 11.7. The van der Waals surface area contributed by atoms with Gasteiger partial charge in [0, 0.05) is 12.6 Å². The molecule has 1 rings (SSSR count). The number of carbonyl (C=O) groups is 1. The number of anilines is 1. The van der Waals surface area contributed by atoms with E-state index in [1.54, 1.807) is 6.20 Å². The van der Waals surface area contributed by atoms with Crippen molar-refractivity contribution in [2.45, 2.75) is 26.2 Å². The van der Waals surface area contributed by atoms with Gasteiger partial charge >= 0.3 is 0 Å². The van der Waals surface area contributed by atoms with Crippen LogP contribution in [0.15, 0.2) is 18.3 Å². The van der Waals surface area contributed by atoms with Crippen molar-refractivity contribution in [3.63, 3.8) is 0 Å². The molecule has 0 spiro atoms. The van der Waals surface area contributed by atoms with Crippen molar-refractivity contribution in [3.8, 4) is 0 Å². The first-order valence-corrected chi connectivity index (χ1v) is 5.15. The van der Waals surface area contributed by atoms with E-state index in [1.807, 2.05) is 19.1 Å². The maximum atomic E-state index is 11.4. The lowest BCUT2D eigenvalue weighted by molar-refractivity contribution is -0.116. The topological polar surface area (TPSA) is 68.0 Å². The Morgan fingerprint density at radius 2 is 2.33 bits per heavy atom. The number of aryl methyl sites for hydroxylation is 1. The van der Waals surface area contributed by atoms with E-state index in [2.05, 4.69) is 10.3 Å². The van der Waals surface area contributed by atoms with Crippen LogP contribution in [0.25, 0.3) is 0 Å². The van der Waals surface area contributed by atoms with E-state index >= 15 is 0 Å².